The van der Waals surface area contributed by atoms with Gasteiger partial charge in [0.15, 0.2) is 0 Å². The molecule has 1 heteroatoms. The number of allylic oxidation sites excluding steroid dienone is 1. The number of rotatable bonds is 2. The number of halogens is 1. The molecule has 4 aliphatic rings. The van der Waals surface area contributed by atoms with Gasteiger partial charge in [-0.05, 0) is 73.1 Å². The molecule has 0 unspecified atom stereocenters. The average Bonchev–Trinajstić information content (AvgIpc) is 2.12. The summed E-state index contributed by atoms with van der Waals surface area (Å²) in [5.74, 6) is 3.31. The van der Waals surface area contributed by atoms with Gasteiger partial charge in [0.05, 0.1) is 0 Å². The largest absolute Gasteiger partial charge is 0.0770 e. The van der Waals surface area contributed by atoms with Crippen LogP contribution in [0.1, 0.15) is 44.9 Å². The SMILES string of the molecule is BrC=CCC12CC3CC(CC(C3)C1)C2. The van der Waals surface area contributed by atoms with Crippen molar-refractivity contribution in [2.45, 2.75) is 44.9 Å². The molecule has 0 saturated heterocycles. The first kappa shape index (κ1) is 9.45. The Bertz CT molecular complexity index is 219. The fourth-order valence-electron chi connectivity index (χ4n) is 4.83. The van der Waals surface area contributed by atoms with E-state index in [-0.39, 0.29) is 0 Å². The van der Waals surface area contributed by atoms with Crippen LogP contribution >= 0.6 is 15.9 Å². The summed E-state index contributed by atoms with van der Waals surface area (Å²) in [6.07, 6.45) is 13.0. The maximum absolute atomic E-state index is 3.41. The molecular formula is C13H19Br. The molecule has 78 valence electrons. The zero-order chi connectivity index (χ0) is 9.60. The van der Waals surface area contributed by atoms with E-state index in [1.54, 1.807) is 19.3 Å². The van der Waals surface area contributed by atoms with Crippen LogP contribution in [0.15, 0.2) is 11.1 Å². The Morgan fingerprint density at radius 1 is 1.00 bits per heavy atom. The molecule has 0 nitrogen and oxygen atoms in total. The average molecular weight is 255 g/mol. The Labute approximate surface area is 95.3 Å². The zero-order valence-corrected chi connectivity index (χ0v) is 10.3. The lowest BCUT2D eigenvalue weighted by atomic mass is 9.49. The molecule has 0 amide bonds. The molecule has 0 aromatic carbocycles. The van der Waals surface area contributed by atoms with Gasteiger partial charge in [-0.1, -0.05) is 22.0 Å². The van der Waals surface area contributed by atoms with Gasteiger partial charge in [-0.2, -0.15) is 0 Å². The van der Waals surface area contributed by atoms with Crippen LogP contribution in [0.25, 0.3) is 0 Å². The van der Waals surface area contributed by atoms with Gasteiger partial charge < -0.3 is 0 Å². The molecule has 0 aromatic rings. The second kappa shape index (κ2) is 3.37. The van der Waals surface area contributed by atoms with E-state index in [1.165, 1.54) is 25.7 Å². The summed E-state index contributed by atoms with van der Waals surface area (Å²) < 4.78 is 0. The van der Waals surface area contributed by atoms with E-state index in [0.717, 1.165) is 23.2 Å². The summed E-state index contributed by atoms with van der Waals surface area (Å²) in [7, 11) is 0. The molecule has 4 saturated carbocycles. The molecule has 0 heterocycles. The van der Waals surface area contributed by atoms with E-state index in [4.69, 9.17) is 0 Å². The smallest absolute Gasteiger partial charge is 0.0229 e. The topological polar surface area (TPSA) is 0 Å². The number of hydrogen-bond donors (Lipinski definition) is 0. The summed E-state index contributed by atoms with van der Waals surface area (Å²) in [5.41, 5.74) is 0.735. The minimum absolute atomic E-state index is 0.735. The molecule has 4 bridgehead atoms. The van der Waals surface area contributed by atoms with Crippen LogP contribution < -0.4 is 0 Å². The third-order valence-electron chi connectivity index (χ3n) is 4.81. The summed E-state index contributed by atoms with van der Waals surface area (Å²) in [6.45, 7) is 0. The van der Waals surface area contributed by atoms with Gasteiger partial charge in [0.1, 0.15) is 0 Å². The molecule has 0 radical (unpaired) electrons. The highest BCUT2D eigenvalue weighted by Gasteiger charge is 2.49. The maximum atomic E-state index is 3.41. The van der Waals surface area contributed by atoms with Gasteiger partial charge in [-0.15, -0.1) is 0 Å². The molecule has 0 N–H and O–H groups in total. The first-order valence-corrected chi connectivity index (χ1v) is 6.96. The van der Waals surface area contributed by atoms with Crippen molar-refractivity contribution in [1.29, 1.82) is 0 Å². The van der Waals surface area contributed by atoms with Crippen molar-refractivity contribution >= 4 is 15.9 Å². The lowest BCUT2D eigenvalue weighted by molar-refractivity contribution is -0.0506. The predicted molar refractivity (Wildman–Crippen MR) is 63.3 cm³/mol. The third kappa shape index (κ3) is 1.48. The normalized spacial score (nSPS) is 50.5. The second-order valence-electron chi connectivity index (χ2n) is 5.98. The van der Waals surface area contributed by atoms with E-state index in [1.807, 2.05) is 0 Å². The molecule has 0 aliphatic heterocycles. The van der Waals surface area contributed by atoms with Crippen molar-refractivity contribution in [2.24, 2.45) is 23.2 Å². The summed E-state index contributed by atoms with van der Waals surface area (Å²) in [5, 5.41) is 0. The molecule has 0 atom stereocenters. The Kier molecular flexibility index (Phi) is 2.27. The second-order valence-corrected chi connectivity index (χ2v) is 6.51. The van der Waals surface area contributed by atoms with E-state index >= 15 is 0 Å². The quantitative estimate of drug-likeness (QED) is 0.681. The Morgan fingerprint density at radius 2 is 1.50 bits per heavy atom. The lowest BCUT2D eigenvalue weighted by Crippen LogP contribution is -2.45. The summed E-state index contributed by atoms with van der Waals surface area (Å²) >= 11 is 3.41. The first-order valence-electron chi connectivity index (χ1n) is 6.05. The van der Waals surface area contributed by atoms with Crippen LogP contribution in [0.2, 0.25) is 0 Å². The highest BCUT2D eigenvalue weighted by Crippen LogP contribution is 2.61. The van der Waals surface area contributed by atoms with Gasteiger partial charge in [-0.3, -0.25) is 0 Å². The van der Waals surface area contributed by atoms with Gasteiger partial charge in [0, 0.05) is 0 Å². The molecule has 4 aliphatic carbocycles. The Hall–Kier alpha value is 0.220. The van der Waals surface area contributed by atoms with Crippen molar-refractivity contribution in [3.63, 3.8) is 0 Å². The molecular weight excluding hydrogens is 236 g/mol. The lowest BCUT2D eigenvalue weighted by Gasteiger charge is -2.56. The number of hydrogen-bond acceptors (Lipinski definition) is 0. The molecule has 0 aromatic heterocycles. The van der Waals surface area contributed by atoms with E-state index in [9.17, 15) is 0 Å². The van der Waals surface area contributed by atoms with Crippen LogP contribution in [-0.2, 0) is 0 Å². The van der Waals surface area contributed by atoms with Gasteiger partial charge in [0.25, 0.3) is 0 Å². The van der Waals surface area contributed by atoms with Gasteiger partial charge >= 0.3 is 0 Å². The zero-order valence-electron chi connectivity index (χ0n) is 8.71. The van der Waals surface area contributed by atoms with Crippen molar-refractivity contribution in [3.05, 3.63) is 11.1 Å². The minimum Gasteiger partial charge on any atom is -0.0770 e. The van der Waals surface area contributed by atoms with E-state index in [0.29, 0.717) is 0 Å². The van der Waals surface area contributed by atoms with Crippen molar-refractivity contribution < 1.29 is 0 Å². The van der Waals surface area contributed by atoms with Crippen LogP contribution in [0.5, 0.6) is 0 Å². The fourth-order valence-corrected chi connectivity index (χ4v) is 5.02. The van der Waals surface area contributed by atoms with Crippen LogP contribution in [-0.4, -0.2) is 0 Å². The Balaban J connectivity index is 1.80. The summed E-state index contributed by atoms with van der Waals surface area (Å²) in [4.78, 5) is 2.06. The standard InChI is InChI=1S/C13H19Br/c14-3-1-2-13-7-10-4-11(8-13)6-12(5-10)9-13/h1,3,10-12H,2,4-9H2. The van der Waals surface area contributed by atoms with E-state index in [2.05, 4.69) is 27.0 Å². The predicted octanol–water partition coefficient (Wildman–Crippen LogP) is 4.50. The first-order chi connectivity index (χ1) is 6.80. The third-order valence-corrected chi connectivity index (χ3v) is 5.18. The molecule has 0 spiro atoms. The molecule has 4 fully saturated rings. The minimum atomic E-state index is 0.735. The Morgan fingerprint density at radius 3 is 1.93 bits per heavy atom. The van der Waals surface area contributed by atoms with Crippen molar-refractivity contribution in [3.8, 4) is 0 Å². The van der Waals surface area contributed by atoms with Crippen molar-refractivity contribution in [2.75, 3.05) is 0 Å². The van der Waals surface area contributed by atoms with Crippen molar-refractivity contribution in [1.82, 2.24) is 0 Å². The monoisotopic (exact) mass is 254 g/mol. The maximum Gasteiger partial charge on any atom is -0.0229 e. The highest BCUT2D eigenvalue weighted by atomic mass is 79.9. The van der Waals surface area contributed by atoms with Gasteiger partial charge in [0.2, 0.25) is 0 Å². The van der Waals surface area contributed by atoms with Crippen LogP contribution in [0.4, 0.5) is 0 Å². The van der Waals surface area contributed by atoms with Crippen LogP contribution in [0.3, 0.4) is 0 Å². The van der Waals surface area contributed by atoms with Gasteiger partial charge in [-0.25, -0.2) is 0 Å². The fraction of sp³-hybridized carbons (Fsp3) is 0.846. The van der Waals surface area contributed by atoms with E-state index < -0.39 is 0 Å². The summed E-state index contributed by atoms with van der Waals surface area (Å²) in [6, 6.07) is 0. The highest BCUT2D eigenvalue weighted by molar-refractivity contribution is 9.11. The molecule has 14 heavy (non-hydrogen) atoms. The molecule has 4 rings (SSSR count). The van der Waals surface area contributed by atoms with Crippen LogP contribution in [0, 0.1) is 23.2 Å².